The van der Waals surface area contributed by atoms with Gasteiger partial charge in [-0.05, 0) is 18.3 Å². The van der Waals surface area contributed by atoms with Gasteiger partial charge in [-0.15, -0.1) is 6.58 Å². The van der Waals surface area contributed by atoms with Crippen molar-refractivity contribution < 1.29 is 0 Å². The van der Waals surface area contributed by atoms with E-state index < -0.39 is 0 Å². The van der Waals surface area contributed by atoms with Crippen LogP contribution in [-0.2, 0) is 0 Å². The van der Waals surface area contributed by atoms with Crippen LogP contribution in [0.3, 0.4) is 0 Å². The van der Waals surface area contributed by atoms with E-state index in [0.717, 1.165) is 6.42 Å². The smallest absolute Gasteiger partial charge is 0 e. The zero-order valence-electron chi connectivity index (χ0n) is 7.20. The third-order valence-electron chi connectivity index (χ3n) is 1.10. The van der Waals surface area contributed by atoms with Gasteiger partial charge in [0.15, 0.2) is 0 Å². The molecule has 0 bridgehead atoms. The molecule has 0 amide bonds. The number of allylic oxidation sites excluding steroid dienone is 1. The molecule has 0 nitrogen and oxygen atoms in total. The molecule has 49 valence electrons. The van der Waals surface area contributed by atoms with Crippen molar-refractivity contribution in [1.29, 1.82) is 0 Å². The van der Waals surface area contributed by atoms with Gasteiger partial charge in [0.2, 0.25) is 0 Å². The molecule has 0 fully saturated rings. The Labute approximate surface area is 81.0 Å². The Morgan fingerprint density at radius 2 is 1.78 bits per heavy atom. The van der Waals surface area contributed by atoms with Gasteiger partial charge >= 0.3 is 0 Å². The van der Waals surface area contributed by atoms with Crippen molar-refractivity contribution in [2.75, 3.05) is 0 Å². The van der Waals surface area contributed by atoms with Crippen LogP contribution in [0.2, 0.25) is 0 Å². The van der Waals surface area contributed by atoms with Crippen LogP contribution in [0.5, 0.6) is 0 Å². The molecule has 0 rings (SSSR count). The molecule has 0 spiro atoms. The Morgan fingerprint density at radius 3 is 1.89 bits per heavy atom. The molecule has 0 aromatic rings. The molecule has 0 saturated carbocycles. The van der Waals surface area contributed by atoms with E-state index in [2.05, 4.69) is 27.4 Å². The van der Waals surface area contributed by atoms with E-state index in [1.165, 1.54) is 6.42 Å². The quantitative estimate of drug-likeness (QED) is 0.403. The van der Waals surface area contributed by atoms with Crippen LogP contribution >= 0.6 is 0 Å². The average molecular weight is 135 g/mol. The fourth-order valence-electron chi connectivity index (χ4n) is 0.535. The molecular formula is C8H16Na. The summed E-state index contributed by atoms with van der Waals surface area (Å²) in [6.07, 6.45) is 4.37. The number of rotatable bonds is 2. The molecule has 0 aliphatic carbocycles. The van der Waals surface area contributed by atoms with E-state index in [1.807, 2.05) is 6.08 Å². The van der Waals surface area contributed by atoms with Gasteiger partial charge in [0, 0.05) is 29.6 Å². The van der Waals surface area contributed by atoms with Crippen LogP contribution < -0.4 is 0 Å². The summed E-state index contributed by atoms with van der Waals surface area (Å²) < 4.78 is 0. The van der Waals surface area contributed by atoms with Crippen molar-refractivity contribution in [2.24, 2.45) is 5.41 Å². The summed E-state index contributed by atoms with van der Waals surface area (Å²) in [6, 6.07) is 0. The molecule has 0 aromatic carbocycles. The summed E-state index contributed by atoms with van der Waals surface area (Å²) >= 11 is 0. The first-order valence-electron chi connectivity index (χ1n) is 3.17. The molecule has 1 heteroatoms. The van der Waals surface area contributed by atoms with Gasteiger partial charge in [-0.2, -0.15) is 0 Å². The molecule has 1 radical (unpaired) electrons. The standard InChI is InChI=1S/C8H16.Na/c1-5-6-7-8(2,3)4;/h5H,1,6-7H2,2-4H3;. The van der Waals surface area contributed by atoms with Gasteiger partial charge in [0.05, 0.1) is 0 Å². The molecule has 0 aromatic heterocycles. The van der Waals surface area contributed by atoms with E-state index in [0.29, 0.717) is 5.41 Å². The van der Waals surface area contributed by atoms with Crippen LogP contribution in [0.1, 0.15) is 33.6 Å². The maximum absolute atomic E-state index is 3.66. The van der Waals surface area contributed by atoms with Gasteiger partial charge in [0.1, 0.15) is 0 Å². The van der Waals surface area contributed by atoms with E-state index in [-0.39, 0.29) is 29.6 Å². The Hall–Kier alpha value is 0.740. The summed E-state index contributed by atoms with van der Waals surface area (Å²) in [7, 11) is 0. The Kier molecular flexibility index (Phi) is 7.62. The van der Waals surface area contributed by atoms with E-state index in [9.17, 15) is 0 Å². The van der Waals surface area contributed by atoms with E-state index >= 15 is 0 Å². The van der Waals surface area contributed by atoms with Crippen LogP contribution in [0.4, 0.5) is 0 Å². The third kappa shape index (κ3) is 12.1. The first-order chi connectivity index (χ1) is 3.56. The predicted octanol–water partition coefficient (Wildman–Crippen LogP) is 2.62. The van der Waals surface area contributed by atoms with Crippen molar-refractivity contribution in [1.82, 2.24) is 0 Å². The third-order valence-corrected chi connectivity index (χ3v) is 1.10. The van der Waals surface area contributed by atoms with Crippen molar-refractivity contribution in [3.8, 4) is 0 Å². The molecule has 0 N–H and O–H groups in total. The maximum atomic E-state index is 3.66. The molecular weight excluding hydrogens is 119 g/mol. The fraction of sp³-hybridized carbons (Fsp3) is 0.750. The minimum atomic E-state index is 0. The van der Waals surface area contributed by atoms with Crippen molar-refractivity contribution >= 4 is 29.6 Å². The molecule has 0 saturated heterocycles. The topological polar surface area (TPSA) is 0 Å². The van der Waals surface area contributed by atoms with Gasteiger partial charge in [-0.3, -0.25) is 0 Å². The van der Waals surface area contributed by atoms with Crippen LogP contribution in [-0.4, -0.2) is 29.6 Å². The van der Waals surface area contributed by atoms with E-state index in [4.69, 9.17) is 0 Å². The Bertz CT molecular complexity index is 69.1. The van der Waals surface area contributed by atoms with Crippen molar-refractivity contribution in [3.63, 3.8) is 0 Å². The largest absolute Gasteiger partial charge is 0.103 e. The van der Waals surface area contributed by atoms with E-state index in [1.54, 1.807) is 0 Å². The summed E-state index contributed by atoms with van der Waals surface area (Å²) in [5.41, 5.74) is 0.480. The molecule has 0 aliphatic rings. The Balaban J connectivity index is 0. The summed E-state index contributed by atoms with van der Waals surface area (Å²) in [6.45, 7) is 10.4. The SMILES string of the molecule is C=CCCC(C)(C)C.[Na]. The zero-order chi connectivity index (χ0) is 6.62. The molecule has 9 heavy (non-hydrogen) atoms. The van der Waals surface area contributed by atoms with Gasteiger partial charge < -0.3 is 0 Å². The number of hydrogen-bond donors (Lipinski definition) is 0. The monoisotopic (exact) mass is 135 g/mol. The van der Waals surface area contributed by atoms with Crippen molar-refractivity contribution in [3.05, 3.63) is 12.7 Å². The second-order valence-corrected chi connectivity index (χ2v) is 3.39. The average Bonchev–Trinajstić information content (AvgIpc) is 1.59. The summed E-state index contributed by atoms with van der Waals surface area (Å²) in [5, 5.41) is 0. The second-order valence-electron chi connectivity index (χ2n) is 3.39. The zero-order valence-corrected chi connectivity index (χ0v) is 9.20. The first kappa shape index (κ1) is 12.4. The van der Waals surface area contributed by atoms with Crippen molar-refractivity contribution in [2.45, 2.75) is 33.6 Å². The first-order valence-corrected chi connectivity index (χ1v) is 3.17. The molecule has 0 heterocycles. The normalized spacial score (nSPS) is 10.1. The van der Waals surface area contributed by atoms with Crippen LogP contribution in [0.15, 0.2) is 12.7 Å². The predicted molar refractivity (Wildman–Crippen MR) is 44.6 cm³/mol. The molecule has 0 unspecified atom stereocenters. The second kappa shape index (κ2) is 5.52. The molecule has 0 aliphatic heterocycles. The number of hydrogen-bond acceptors (Lipinski definition) is 0. The minimum absolute atomic E-state index is 0. The Morgan fingerprint density at radius 1 is 1.33 bits per heavy atom. The van der Waals surface area contributed by atoms with Gasteiger partial charge in [-0.1, -0.05) is 26.8 Å². The minimum Gasteiger partial charge on any atom is -0.103 e. The van der Waals surface area contributed by atoms with Gasteiger partial charge in [0.25, 0.3) is 0 Å². The maximum Gasteiger partial charge on any atom is 0 e. The van der Waals surface area contributed by atoms with Crippen LogP contribution in [0.25, 0.3) is 0 Å². The molecule has 0 atom stereocenters. The summed E-state index contributed by atoms with van der Waals surface area (Å²) in [4.78, 5) is 0. The summed E-state index contributed by atoms with van der Waals surface area (Å²) in [5.74, 6) is 0. The van der Waals surface area contributed by atoms with Gasteiger partial charge in [-0.25, -0.2) is 0 Å². The van der Waals surface area contributed by atoms with Crippen LogP contribution in [0, 0.1) is 5.41 Å². The fourth-order valence-corrected chi connectivity index (χ4v) is 0.535.